The first-order valence-electron chi connectivity index (χ1n) is 22.2. The molecule has 0 bridgehead atoms. The molecule has 0 aromatic heterocycles. The topological polar surface area (TPSA) is 0 Å². The summed E-state index contributed by atoms with van der Waals surface area (Å²) in [6.07, 6.45) is 8.60. The number of hydrogen-bond acceptors (Lipinski definition) is 0. The zero-order valence-electron chi connectivity index (χ0n) is 37.6. The lowest BCUT2D eigenvalue weighted by atomic mass is 9.67. The van der Waals surface area contributed by atoms with Crippen molar-refractivity contribution in [3.63, 3.8) is 0 Å². The summed E-state index contributed by atoms with van der Waals surface area (Å²) in [6.45, 7) is 14.9. The van der Waals surface area contributed by atoms with Crippen LogP contribution >= 0.6 is 0 Å². The van der Waals surface area contributed by atoms with E-state index in [4.69, 9.17) is 0 Å². The van der Waals surface area contributed by atoms with Gasteiger partial charge in [-0.15, -0.1) is 0 Å². The average Bonchev–Trinajstić information content (AvgIpc) is 3.61. The number of allylic oxidation sites excluding steroid dienone is 4. The fraction of sp³-hybridized carbons (Fsp3) is 0.161. The Balaban J connectivity index is 0.000000148. The Morgan fingerprint density at radius 2 is 0.935 bits per heavy atom. The van der Waals surface area contributed by atoms with Gasteiger partial charge in [-0.1, -0.05) is 242 Å². The van der Waals surface area contributed by atoms with E-state index in [1.54, 1.807) is 0 Å². The van der Waals surface area contributed by atoms with Crippen LogP contribution in [0.5, 0.6) is 0 Å². The molecule has 1 aliphatic carbocycles. The van der Waals surface area contributed by atoms with E-state index in [-0.39, 0.29) is 5.41 Å². The summed E-state index contributed by atoms with van der Waals surface area (Å²) in [5, 5.41) is 0. The Morgan fingerprint density at radius 1 is 0.452 bits per heavy atom. The van der Waals surface area contributed by atoms with E-state index >= 15 is 0 Å². The predicted molar refractivity (Wildman–Crippen MR) is 269 cm³/mol. The zero-order chi connectivity index (χ0) is 43.5. The van der Waals surface area contributed by atoms with Gasteiger partial charge in [0.25, 0.3) is 0 Å². The molecule has 0 N–H and O–H groups in total. The van der Waals surface area contributed by atoms with E-state index in [9.17, 15) is 0 Å². The molecule has 0 nitrogen and oxygen atoms in total. The van der Waals surface area contributed by atoms with Gasteiger partial charge in [-0.3, -0.25) is 0 Å². The quantitative estimate of drug-likeness (QED) is 0.134. The van der Waals surface area contributed by atoms with E-state index in [0.717, 1.165) is 12.8 Å². The average molecular weight is 805 g/mol. The molecule has 0 saturated carbocycles. The molecule has 0 aliphatic heterocycles. The first-order valence-corrected chi connectivity index (χ1v) is 22.2. The zero-order valence-corrected chi connectivity index (χ0v) is 37.6. The lowest BCUT2D eigenvalue weighted by molar-refractivity contribution is 0.768. The molecule has 62 heavy (non-hydrogen) atoms. The number of aryl methyl sites for hydroxylation is 5. The molecular weight excluding hydrogens is 745 g/mol. The van der Waals surface area contributed by atoms with Crippen LogP contribution < -0.4 is 0 Å². The summed E-state index contributed by atoms with van der Waals surface area (Å²) in [6, 6.07) is 70.7. The van der Waals surface area contributed by atoms with Crippen molar-refractivity contribution < 1.29 is 0 Å². The molecule has 8 aromatic carbocycles. The fourth-order valence-electron chi connectivity index (χ4n) is 8.93. The van der Waals surface area contributed by atoms with E-state index in [1.165, 1.54) is 94.6 Å². The second kappa shape index (κ2) is 20.2. The lowest BCUT2D eigenvalue weighted by Crippen LogP contribution is -2.28. The van der Waals surface area contributed by atoms with Crippen molar-refractivity contribution in [3.8, 4) is 33.4 Å². The summed E-state index contributed by atoms with van der Waals surface area (Å²) in [5.41, 5.74) is 22.4. The second-order valence-electron chi connectivity index (χ2n) is 16.5. The maximum absolute atomic E-state index is 2.37. The van der Waals surface area contributed by atoms with Gasteiger partial charge >= 0.3 is 0 Å². The van der Waals surface area contributed by atoms with Crippen LogP contribution in [0.2, 0.25) is 0 Å². The molecule has 8 aromatic rings. The fourth-order valence-corrected chi connectivity index (χ4v) is 8.93. The van der Waals surface area contributed by atoms with E-state index in [0.29, 0.717) is 0 Å². The maximum atomic E-state index is 2.37. The minimum atomic E-state index is -0.262. The van der Waals surface area contributed by atoms with Crippen molar-refractivity contribution in [2.24, 2.45) is 0 Å². The third-order valence-corrected chi connectivity index (χ3v) is 12.1. The Hall–Kier alpha value is -6.76. The Bertz CT molecular complexity index is 2710. The Labute approximate surface area is 372 Å². The Morgan fingerprint density at radius 3 is 1.48 bits per heavy atom. The summed E-state index contributed by atoms with van der Waals surface area (Å²) in [4.78, 5) is 0. The predicted octanol–water partition coefficient (Wildman–Crippen LogP) is 16.9. The van der Waals surface area contributed by atoms with E-state index in [1.807, 2.05) is 6.92 Å². The monoisotopic (exact) mass is 804 g/mol. The van der Waals surface area contributed by atoms with Crippen LogP contribution in [0.25, 0.3) is 39.0 Å². The molecule has 0 spiro atoms. The molecule has 0 radical (unpaired) electrons. The van der Waals surface area contributed by atoms with Crippen molar-refractivity contribution in [1.29, 1.82) is 0 Å². The first kappa shape index (κ1) is 43.3. The molecule has 0 atom stereocenters. The van der Waals surface area contributed by atoms with Crippen molar-refractivity contribution in [2.45, 2.75) is 66.7 Å². The van der Waals surface area contributed by atoms with Gasteiger partial charge in [0.1, 0.15) is 0 Å². The second-order valence-corrected chi connectivity index (χ2v) is 16.5. The van der Waals surface area contributed by atoms with Gasteiger partial charge in [-0.05, 0) is 126 Å². The summed E-state index contributed by atoms with van der Waals surface area (Å²) >= 11 is 0. The van der Waals surface area contributed by atoms with Crippen molar-refractivity contribution in [3.05, 3.63) is 268 Å². The van der Waals surface area contributed by atoms with Crippen LogP contribution in [-0.2, 0) is 11.8 Å². The van der Waals surface area contributed by atoms with Crippen LogP contribution in [0.15, 0.2) is 212 Å². The van der Waals surface area contributed by atoms with Crippen molar-refractivity contribution >= 4 is 5.57 Å². The third-order valence-electron chi connectivity index (χ3n) is 12.1. The van der Waals surface area contributed by atoms with Crippen molar-refractivity contribution in [1.82, 2.24) is 0 Å². The van der Waals surface area contributed by atoms with Gasteiger partial charge in [-0.25, -0.2) is 0 Å². The largest absolute Gasteiger partial charge is 0.0871 e. The minimum Gasteiger partial charge on any atom is -0.0871 e. The molecular formula is C62H60. The van der Waals surface area contributed by atoms with Crippen LogP contribution in [0, 0.1) is 27.7 Å². The summed E-state index contributed by atoms with van der Waals surface area (Å²) < 4.78 is 0. The van der Waals surface area contributed by atoms with Gasteiger partial charge in [0.05, 0.1) is 5.41 Å². The molecule has 9 rings (SSSR count). The van der Waals surface area contributed by atoms with Gasteiger partial charge in [0.2, 0.25) is 0 Å². The highest BCUT2D eigenvalue weighted by atomic mass is 14.5. The number of hydrogen-bond donors (Lipinski definition) is 0. The minimum absolute atomic E-state index is 0.262. The van der Waals surface area contributed by atoms with Crippen LogP contribution in [0.4, 0.5) is 0 Å². The lowest BCUT2D eigenvalue weighted by Gasteiger charge is -2.33. The molecule has 0 unspecified atom stereocenters. The van der Waals surface area contributed by atoms with Gasteiger partial charge < -0.3 is 0 Å². The summed E-state index contributed by atoms with van der Waals surface area (Å²) in [7, 11) is 0. The third kappa shape index (κ3) is 9.26. The van der Waals surface area contributed by atoms with Gasteiger partial charge in [0, 0.05) is 0 Å². The SMILES string of the molecule is C/C=C\C(=C/C)c1ccc(C)cc1.CCCc1cc(-c2ccc(C)cc2)ccc1-c1ccccc1C.Cc1ccc(C2(c3ccccc3)c3ccccc3-c3ccccc32)cc1. The number of benzene rings is 8. The number of fused-ring (bicyclic) bond motifs is 3. The van der Waals surface area contributed by atoms with Crippen molar-refractivity contribution in [2.75, 3.05) is 0 Å². The molecule has 1 aliphatic rings. The molecule has 0 saturated heterocycles. The van der Waals surface area contributed by atoms with Crippen LogP contribution in [0.1, 0.15) is 82.8 Å². The molecule has 0 heterocycles. The molecule has 0 amide bonds. The smallest absolute Gasteiger partial charge is 0.0713 e. The highest BCUT2D eigenvalue weighted by molar-refractivity contribution is 5.86. The number of rotatable bonds is 8. The summed E-state index contributed by atoms with van der Waals surface area (Å²) in [5.74, 6) is 0. The van der Waals surface area contributed by atoms with Gasteiger partial charge in [0.15, 0.2) is 0 Å². The first-order chi connectivity index (χ1) is 30.3. The maximum Gasteiger partial charge on any atom is 0.0713 e. The Kier molecular flexibility index (Phi) is 14.1. The van der Waals surface area contributed by atoms with Crippen LogP contribution in [-0.4, -0.2) is 0 Å². The normalized spacial score (nSPS) is 12.4. The molecule has 0 fully saturated rings. The molecule has 308 valence electrons. The van der Waals surface area contributed by atoms with E-state index < -0.39 is 0 Å². The standard InChI is InChI=1S/C26H20.C23H24.C13H16/c1-19-15-17-21(18-16-19)26(20-9-3-2-4-10-20)24-13-7-5-11-22(24)23-12-6-8-14-25(23)26;1-4-7-21-16-20(19-12-10-17(2)11-13-19)14-15-23(21)22-9-6-5-8-18(22)3;1-4-6-12(5-2)13-9-7-11(3)8-10-13/h2-18H,1H3;5-6,8-16H,4,7H2,1-3H3;4-10H,1-3H3/b;;6-4-,12-5+. The van der Waals surface area contributed by atoms with E-state index in [2.05, 4.69) is 254 Å². The van der Waals surface area contributed by atoms with Crippen LogP contribution in [0.3, 0.4) is 0 Å². The highest BCUT2D eigenvalue weighted by Crippen LogP contribution is 2.55. The highest BCUT2D eigenvalue weighted by Gasteiger charge is 2.45. The van der Waals surface area contributed by atoms with Gasteiger partial charge in [-0.2, -0.15) is 0 Å². The molecule has 0 heteroatoms.